The summed E-state index contributed by atoms with van der Waals surface area (Å²) in [6, 6.07) is -0.626. The molecule has 0 aliphatic heterocycles. The third-order valence-corrected chi connectivity index (χ3v) is 1.59. The van der Waals surface area contributed by atoms with Gasteiger partial charge in [-0.3, -0.25) is 9.59 Å². The van der Waals surface area contributed by atoms with Crippen molar-refractivity contribution >= 4 is 11.8 Å². The molecule has 0 bridgehead atoms. The summed E-state index contributed by atoms with van der Waals surface area (Å²) in [6.07, 6.45) is 1.33. The maximum absolute atomic E-state index is 11.1. The Balaban J connectivity index is 3.62. The highest BCUT2D eigenvalue weighted by Crippen LogP contribution is 1.93. The van der Waals surface area contributed by atoms with E-state index in [9.17, 15) is 9.59 Å². The van der Waals surface area contributed by atoms with Gasteiger partial charge < -0.3 is 16.8 Å². The first-order valence-electron chi connectivity index (χ1n) is 4.39. The van der Waals surface area contributed by atoms with Crippen LogP contribution in [0, 0.1) is 0 Å². The summed E-state index contributed by atoms with van der Waals surface area (Å²) in [6.45, 7) is 2.57. The minimum atomic E-state index is -0.626. The summed E-state index contributed by atoms with van der Waals surface area (Å²) in [5.41, 5.74) is 10.4. The topological polar surface area (TPSA) is 98.2 Å². The van der Waals surface area contributed by atoms with Gasteiger partial charge in [-0.15, -0.1) is 0 Å². The van der Waals surface area contributed by atoms with E-state index in [1.807, 2.05) is 6.92 Å². The van der Waals surface area contributed by atoms with Gasteiger partial charge >= 0.3 is 0 Å². The monoisotopic (exact) mass is 187 g/mol. The first kappa shape index (κ1) is 11.9. The van der Waals surface area contributed by atoms with Crippen LogP contribution in [0.1, 0.15) is 26.2 Å². The van der Waals surface area contributed by atoms with Crippen LogP contribution in [0.4, 0.5) is 0 Å². The standard InChI is InChI=1S/C8H17N3O2/c1-2-5-11-8(13)6(9)3-4-7(10)12/h6H,2-5,9H2,1H3,(H2,10,12)(H,11,13)/t6-/m1/s1. The fourth-order valence-electron chi connectivity index (χ4n) is 0.808. The summed E-state index contributed by atoms with van der Waals surface area (Å²) in [5.74, 6) is -0.651. The van der Waals surface area contributed by atoms with E-state index in [2.05, 4.69) is 5.32 Å². The fourth-order valence-corrected chi connectivity index (χ4v) is 0.808. The third kappa shape index (κ3) is 6.10. The summed E-state index contributed by atoms with van der Waals surface area (Å²) >= 11 is 0. The third-order valence-electron chi connectivity index (χ3n) is 1.59. The van der Waals surface area contributed by atoms with Crippen molar-refractivity contribution in [1.29, 1.82) is 0 Å². The van der Waals surface area contributed by atoms with Crippen LogP contribution in [-0.2, 0) is 9.59 Å². The highest BCUT2D eigenvalue weighted by molar-refractivity contribution is 5.82. The molecule has 0 radical (unpaired) electrons. The molecule has 0 heterocycles. The first-order chi connectivity index (χ1) is 6.07. The molecular weight excluding hydrogens is 170 g/mol. The average molecular weight is 187 g/mol. The summed E-state index contributed by atoms with van der Waals surface area (Å²) < 4.78 is 0. The predicted molar refractivity (Wildman–Crippen MR) is 49.7 cm³/mol. The maximum atomic E-state index is 11.1. The molecule has 0 saturated heterocycles. The molecule has 0 rings (SSSR count). The van der Waals surface area contributed by atoms with Crippen LogP contribution in [0.5, 0.6) is 0 Å². The molecule has 0 spiro atoms. The number of rotatable bonds is 6. The minimum Gasteiger partial charge on any atom is -0.370 e. The zero-order chi connectivity index (χ0) is 10.3. The van der Waals surface area contributed by atoms with E-state index < -0.39 is 11.9 Å². The first-order valence-corrected chi connectivity index (χ1v) is 4.39. The van der Waals surface area contributed by atoms with E-state index in [0.717, 1.165) is 6.42 Å². The molecule has 0 aromatic heterocycles. The lowest BCUT2D eigenvalue weighted by molar-refractivity contribution is -0.122. The number of primary amides is 1. The van der Waals surface area contributed by atoms with E-state index in [-0.39, 0.29) is 12.3 Å². The van der Waals surface area contributed by atoms with Crippen LogP contribution in [0.25, 0.3) is 0 Å². The molecule has 0 saturated carbocycles. The summed E-state index contributed by atoms with van der Waals surface area (Å²) in [4.78, 5) is 21.5. The van der Waals surface area contributed by atoms with Crippen molar-refractivity contribution in [2.45, 2.75) is 32.2 Å². The molecule has 76 valence electrons. The molecule has 5 heteroatoms. The smallest absolute Gasteiger partial charge is 0.236 e. The van der Waals surface area contributed by atoms with E-state index in [0.29, 0.717) is 13.0 Å². The Hall–Kier alpha value is -1.10. The second-order valence-corrected chi connectivity index (χ2v) is 2.90. The molecule has 0 fully saturated rings. The minimum absolute atomic E-state index is 0.153. The molecular formula is C8H17N3O2. The lowest BCUT2D eigenvalue weighted by atomic mass is 10.1. The zero-order valence-corrected chi connectivity index (χ0v) is 7.88. The quantitative estimate of drug-likeness (QED) is 0.503. The zero-order valence-electron chi connectivity index (χ0n) is 7.88. The molecule has 0 aliphatic rings. The Labute approximate surface area is 77.8 Å². The lowest BCUT2D eigenvalue weighted by Crippen LogP contribution is -2.41. The maximum Gasteiger partial charge on any atom is 0.236 e. The van der Waals surface area contributed by atoms with Gasteiger partial charge in [0.2, 0.25) is 11.8 Å². The Morgan fingerprint density at radius 2 is 2.08 bits per heavy atom. The molecule has 0 aromatic rings. The largest absolute Gasteiger partial charge is 0.370 e. The molecule has 0 aliphatic carbocycles. The molecule has 1 atom stereocenters. The van der Waals surface area contributed by atoms with Crippen LogP contribution >= 0.6 is 0 Å². The predicted octanol–water partition coefficient (Wildman–Crippen LogP) is -0.895. The van der Waals surface area contributed by atoms with Gasteiger partial charge in [0, 0.05) is 13.0 Å². The Bertz CT molecular complexity index is 182. The van der Waals surface area contributed by atoms with Crippen molar-refractivity contribution < 1.29 is 9.59 Å². The van der Waals surface area contributed by atoms with Gasteiger partial charge in [-0.05, 0) is 12.8 Å². The number of amides is 2. The summed E-state index contributed by atoms with van der Waals surface area (Å²) in [5, 5.41) is 2.64. The van der Waals surface area contributed by atoms with Gasteiger partial charge in [0.05, 0.1) is 6.04 Å². The van der Waals surface area contributed by atoms with Crippen molar-refractivity contribution in [3.8, 4) is 0 Å². The Morgan fingerprint density at radius 1 is 1.46 bits per heavy atom. The number of carbonyl (C=O) groups is 2. The highest BCUT2D eigenvalue weighted by atomic mass is 16.2. The van der Waals surface area contributed by atoms with Crippen molar-refractivity contribution in [3.05, 3.63) is 0 Å². The second-order valence-electron chi connectivity index (χ2n) is 2.90. The number of carbonyl (C=O) groups excluding carboxylic acids is 2. The number of hydrogen-bond donors (Lipinski definition) is 3. The molecule has 5 N–H and O–H groups in total. The molecule has 13 heavy (non-hydrogen) atoms. The molecule has 0 unspecified atom stereocenters. The van der Waals surface area contributed by atoms with Crippen LogP contribution in [0.3, 0.4) is 0 Å². The van der Waals surface area contributed by atoms with E-state index in [4.69, 9.17) is 11.5 Å². The number of hydrogen-bond acceptors (Lipinski definition) is 3. The van der Waals surface area contributed by atoms with E-state index in [1.165, 1.54) is 0 Å². The van der Waals surface area contributed by atoms with Gasteiger partial charge in [-0.25, -0.2) is 0 Å². The van der Waals surface area contributed by atoms with Crippen LogP contribution in [-0.4, -0.2) is 24.4 Å². The number of nitrogens with one attached hydrogen (secondary N) is 1. The normalized spacial score (nSPS) is 12.2. The lowest BCUT2D eigenvalue weighted by Gasteiger charge is -2.10. The van der Waals surface area contributed by atoms with Gasteiger partial charge in [-0.1, -0.05) is 6.92 Å². The average Bonchev–Trinajstić information content (AvgIpc) is 2.10. The Morgan fingerprint density at radius 3 is 2.54 bits per heavy atom. The molecule has 0 aromatic carbocycles. The highest BCUT2D eigenvalue weighted by Gasteiger charge is 2.12. The van der Waals surface area contributed by atoms with Gasteiger partial charge in [-0.2, -0.15) is 0 Å². The Kier molecular flexibility index (Phi) is 5.88. The van der Waals surface area contributed by atoms with Crippen LogP contribution in [0.15, 0.2) is 0 Å². The molecule has 5 nitrogen and oxygen atoms in total. The van der Waals surface area contributed by atoms with Crippen LogP contribution in [0.2, 0.25) is 0 Å². The van der Waals surface area contributed by atoms with Gasteiger partial charge in [0.1, 0.15) is 0 Å². The fraction of sp³-hybridized carbons (Fsp3) is 0.750. The van der Waals surface area contributed by atoms with Crippen molar-refractivity contribution in [2.75, 3.05) is 6.54 Å². The van der Waals surface area contributed by atoms with Crippen molar-refractivity contribution in [1.82, 2.24) is 5.32 Å². The van der Waals surface area contributed by atoms with E-state index >= 15 is 0 Å². The second kappa shape index (κ2) is 6.42. The van der Waals surface area contributed by atoms with Crippen molar-refractivity contribution in [2.24, 2.45) is 11.5 Å². The SMILES string of the molecule is CCCNC(=O)[C@H](N)CCC(N)=O. The van der Waals surface area contributed by atoms with Crippen molar-refractivity contribution in [3.63, 3.8) is 0 Å². The van der Waals surface area contributed by atoms with Gasteiger partial charge in [0.25, 0.3) is 0 Å². The van der Waals surface area contributed by atoms with Gasteiger partial charge in [0.15, 0.2) is 0 Å². The number of nitrogens with two attached hydrogens (primary N) is 2. The van der Waals surface area contributed by atoms with Crippen LogP contribution < -0.4 is 16.8 Å². The summed E-state index contributed by atoms with van der Waals surface area (Å²) in [7, 11) is 0. The van der Waals surface area contributed by atoms with E-state index in [1.54, 1.807) is 0 Å². The molecule has 2 amide bonds.